The molecule has 0 atom stereocenters. The van der Waals surface area contributed by atoms with Crippen LogP contribution in [0.2, 0.25) is 10.0 Å². The highest BCUT2D eigenvalue weighted by atomic mass is 35.5. The van der Waals surface area contributed by atoms with E-state index in [0.29, 0.717) is 15.8 Å². The lowest BCUT2D eigenvalue weighted by Crippen LogP contribution is -1.97. The maximum absolute atomic E-state index is 6.00. The molecule has 0 radical (unpaired) electrons. The SMILES string of the molecule is COP(=S)(OC)Oc1cc(Cl)c(C)cc1Cl. The Kier molecular flexibility index (Phi) is 5.05. The van der Waals surface area contributed by atoms with Crippen LogP contribution in [0, 0.1) is 6.92 Å². The van der Waals surface area contributed by atoms with Crippen LogP contribution in [-0.4, -0.2) is 14.2 Å². The van der Waals surface area contributed by atoms with Crippen molar-refractivity contribution in [1.82, 2.24) is 0 Å². The number of hydrogen-bond donors (Lipinski definition) is 0. The van der Waals surface area contributed by atoms with Gasteiger partial charge in [-0.2, -0.15) is 0 Å². The molecule has 1 aromatic rings. The first-order chi connectivity index (χ1) is 7.41. The van der Waals surface area contributed by atoms with Crippen molar-refractivity contribution in [2.75, 3.05) is 14.2 Å². The largest absolute Gasteiger partial charge is 0.422 e. The summed E-state index contributed by atoms with van der Waals surface area (Å²) in [7, 11) is 2.85. The quantitative estimate of drug-likeness (QED) is 0.779. The molecule has 0 fully saturated rings. The average Bonchev–Trinajstić information content (AvgIpc) is 2.25. The van der Waals surface area contributed by atoms with E-state index in [2.05, 4.69) is 0 Å². The van der Waals surface area contributed by atoms with Gasteiger partial charge in [0.15, 0.2) is 0 Å². The normalized spacial score (nSPS) is 11.6. The summed E-state index contributed by atoms with van der Waals surface area (Å²) in [6, 6.07) is 3.29. The van der Waals surface area contributed by atoms with Gasteiger partial charge < -0.3 is 13.6 Å². The molecule has 0 aromatic heterocycles. The van der Waals surface area contributed by atoms with Crippen LogP contribution in [0.25, 0.3) is 0 Å². The Morgan fingerprint density at radius 3 is 2.19 bits per heavy atom. The number of hydrogen-bond acceptors (Lipinski definition) is 4. The van der Waals surface area contributed by atoms with E-state index >= 15 is 0 Å². The molecule has 0 aliphatic rings. The smallest absolute Gasteiger partial charge is 0.380 e. The van der Waals surface area contributed by atoms with Crippen LogP contribution in [0.4, 0.5) is 0 Å². The highest BCUT2D eigenvalue weighted by Gasteiger charge is 2.20. The Hall–Kier alpha value is 0.170. The highest BCUT2D eigenvalue weighted by Crippen LogP contribution is 2.50. The topological polar surface area (TPSA) is 27.7 Å². The van der Waals surface area contributed by atoms with Crippen molar-refractivity contribution in [2.45, 2.75) is 6.92 Å². The standard InChI is InChI=1S/C9H11Cl2O3PS/c1-6-4-8(11)9(5-7(6)10)14-15(16,12-2)13-3/h4-5H,1-3H3. The summed E-state index contributed by atoms with van der Waals surface area (Å²) in [5.41, 5.74) is 0.863. The molecule has 0 N–H and O–H groups in total. The molecular formula is C9H11Cl2O3PS. The molecule has 90 valence electrons. The summed E-state index contributed by atoms with van der Waals surface area (Å²) in [6.07, 6.45) is 0. The minimum Gasteiger partial charge on any atom is -0.422 e. The molecule has 0 saturated carbocycles. The zero-order chi connectivity index (χ0) is 12.3. The van der Waals surface area contributed by atoms with E-state index in [0.717, 1.165) is 5.56 Å². The first-order valence-corrected chi connectivity index (χ1v) is 7.60. The van der Waals surface area contributed by atoms with Gasteiger partial charge in [0.25, 0.3) is 0 Å². The van der Waals surface area contributed by atoms with Crippen molar-refractivity contribution < 1.29 is 13.6 Å². The Morgan fingerprint density at radius 1 is 1.12 bits per heavy atom. The van der Waals surface area contributed by atoms with Gasteiger partial charge in [-0.15, -0.1) is 0 Å². The predicted molar refractivity (Wildman–Crippen MR) is 70.1 cm³/mol. The predicted octanol–water partition coefficient (Wildman–Crippen LogP) is 4.20. The summed E-state index contributed by atoms with van der Waals surface area (Å²) < 4.78 is 15.4. The summed E-state index contributed by atoms with van der Waals surface area (Å²) >= 11 is 17.0. The molecule has 0 unspecified atom stereocenters. The van der Waals surface area contributed by atoms with Crippen molar-refractivity contribution in [2.24, 2.45) is 0 Å². The zero-order valence-electron chi connectivity index (χ0n) is 8.99. The van der Waals surface area contributed by atoms with E-state index in [9.17, 15) is 0 Å². The van der Waals surface area contributed by atoms with E-state index in [1.54, 1.807) is 12.1 Å². The lowest BCUT2D eigenvalue weighted by Gasteiger charge is -2.19. The van der Waals surface area contributed by atoms with Crippen LogP contribution >= 0.6 is 29.9 Å². The van der Waals surface area contributed by atoms with E-state index in [-0.39, 0.29) is 0 Å². The van der Waals surface area contributed by atoms with Gasteiger partial charge in [0, 0.05) is 37.1 Å². The maximum atomic E-state index is 6.00. The van der Waals surface area contributed by atoms with Gasteiger partial charge in [-0.05, 0) is 18.6 Å². The molecule has 0 spiro atoms. The van der Waals surface area contributed by atoms with Crippen molar-refractivity contribution in [1.29, 1.82) is 0 Å². The van der Waals surface area contributed by atoms with Crippen molar-refractivity contribution in [3.8, 4) is 5.75 Å². The van der Waals surface area contributed by atoms with Gasteiger partial charge in [0.2, 0.25) is 0 Å². The summed E-state index contributed by atoms with van der Waals surface area (Å²) in [5.74, 6) is 0.365. The molecule has 0 amide bonds. The van der Waals surface area contributed by atoms with Gasteiger partial charge in [-0.1, -0.05) is 23.2 Å². The summed E-state index contributed by atoms with van der Waals surface area (Å²) in [4.78, 5) is 0. The van der Waals surface area contributed by atoms with Crippen LogP contribution in [0.1, 0.15) is 5.56 Å². The van der Waals surface area contributed by atoms with Crippen molar-refractivity contribution in [3.05, 3.63) is 27.7 Å². The third kappa shape index (κ3) is 3.33. The van der Waals surface area contributed by atoms with Crippen LogP contribution in [-0.2, 0) is 20.9 Å². The lowest BCUT2D eigenvalue weighted by atomic mass is 10.2. The Bertz CT molecular complexity index is 431. The molecule has 0 bridgehead atoms. The van der Waals surface area contributed by atoms with Crippen LogP contribution in [0.15, 0.2) is 12.1 Å². The molecule has 0 heterocycles. The molecule has 3 nitrogen and oxygen atoms in total. The molecule has 16 heavy (non-hydrogen) atoms. The lowest BCUT2D eigenvalue weighted by molar-refractivity contribution is 0.273. The second kappa shape index (κ2) is 5.67. The van der Waals surface area contributed by atoms with E-state index < -0.39 is 6.72 Å². The van der Waals surface area contributed by atoms with E-state index in [1.807, 2.05) is 6.92 Å². The number of aryl methyl sites for hydroxylation is 1. The molecule has 7 heteroatoms. The third-order valence-electron chi connectivity index (χ3n) is 1.87. The molecule has 0 aliphatic carbocycles. The van der Waals surface area contributed by atoms with E-state index in [1.165, 1.54) is 14.2 Å². The first kappa shape index (κ1) is 14.2. The fourth-order valence-electron chi connectivity index (χ4n) is 0.968. The highest BCUT2D eigenvalue weighted by molar-refractivity contribution is 8.07. The van der Waals surface area contributed by atoms with Crippen molar-refractivity contribution >= 4 is 41.7 Å². The fourth-order valence-corrected chi connectivity index (χ4v) is 2.36. The van der Waals surface area contributed by atoms with Crippen LogP contribution in [0.3, 0.4) is 0 Å². The number of rotatable bonds is 4. The third-order valence-corrected chi connectivity index (χ3v) is 5.01. The molecule has 0 saturated heterocycles. The Balaban J connectivity index is 3.06. The molecular weight excluding hydrogens is 290 g/mol. The second-order valence-corrected chi connectivity index (χ2v) is 6.90. The zero-order valence-corrected chi connectivity index (χ0v) is 12.2. The van der Waals surface area contributed by atoms with Gasteiger partial charge in [-0.25, -0.2) is 0 Å². The number of benzene rings is 1. The Morgan fingerprint density at radius 2 is 1.69 bits per heavy atom. The first-order valence-electron chi connectivity index (χ1n) is 4.28. The van der Waals surface area contributed by atoms with E-state index in [4.69, 9.17) is 48.6 Å². The minimum atomic E-state index is -2.77. The van der Waals surface area contributed by atoms with Gasteiger partial charge in [0.05, 0.1) is 5.02 Å². The summed E-state index contributed by atoms with van der Waals surface area (Å²) in [6.45, 7) is -0.927. The summed E-state index contributed by atoms with van der Waals surface area (Å²) in [5, 5.41) is 0.971. The molecule has 0 aliphatic heterocycles. The molecule has 1 aromatic carbocycles. The van der Waals surface area contributed by atoms with Gasteiger partial charge in [-0.3, -0.25) is 0 Å². The monoisotopic (exact) mass is 300 g/mol. The fraction of sp³-hybridized carbons (Fsp3) is 0.333. The van der Waals surface area contributed by atoms with Crippen LogP contribution in [0.5, 0.6) is 5.75 Å². The molecule has 1 rings (SSSR count). The van der Waals surface area contributed by atoms with Crippen molar-refractivity contribution in [3.63, 3.8) is 0 Å². The van der Waals surface area contributed by atoms with Gasteiger partial charge >= 0.3 is 6.72 Å². The van der Waals surface area contributed by atoms with Gasteiger partial charge in [0.1, 0.15) is 5.75 Å². The minimum absolute atomic E-state index is 0.365. The Labute approximate surface area is 110 Å². The maximum Gasteiger partial charge on any atom is 0.380 e. The number of halogens is 2. The van der Waals surface area contributed by atoms with Crippen LogP contribution < -0.4 is 4.52 Å². The second-order valence-electron chi connectivity index (χ2n) is 2.94. The average molecular weight is 301 g/mol.